The van der Waals surface area contributed by atoms with Crippen molar-refractivity contribution in [3.8, 4) is 0 Å². The number of hydrogen-bond donors (Lipinski definition) is 2. The summed E-state index contributed by atoms with van der Waals surface area (Å²) in [5.41, 5.74) is 7.68. The van der Waals surface area contributed by atoms with E-state index in [1.807, 2.05) is 12.1 Å². The van der Waals surface area contributed by atoms with Crippen LogP contribution in [0.1, 0.15) is 52.0 Å². The number of anilines is 1. The third-order valence-electron chi connectivity index (χ3n) is 3.87. The van der Waals surface area contributed by atoms with Gasteiger partial charge >= 0.3 is 0 Å². The third kappa shape index (κ3) is 8.11. The number of unbranched alkanes of at least 4 members (excludes halogenated alkanes) is 1. The first-order valence-electron chi connectivity index (χ1n) is 8.80. The minimum atomic E-state index is 0.474. The molecule has 5 heteroatoms. The molecule has 5 nitrogen and oxygen atoms in total. The zero-order valence-corrected chi connectivity index (χ0v) is 15.5. The molecule has 1 rings (SSSR count). The molecule has 0 saturated heterocycles. The predicted molar refractivity (Wildman–Crippen MR) is 104 cm³/mol. The van der Waals surface area contributed by atoms with Gasteiger partial charge in [0, 0.05) is 19.3 Å². The van der Waals surface area contributed by atoms with Crippen molar-refractivity contribution in [1.82, 2.24) is 0 Å². The van der Waals surface area contributed by atoms with E-state index in [0.717, 1.165) is 12.3 Å². The standard InChI is InChI=1S/C19H32N4O/c1-5-7-8-16(6-2)13-24-14-17-9-11-18(12-10-17)23-19(21-4)22-15(3)20/h9-12,16H,5-8,13-14H2,1-4H3,(H3,20,21,22,23). The number of nitrogens with two attached hydrogens (primary N) is 1. The van der Waals surface area contributed by atoms with E-state index >= 15 is 0 Å². The van der Waals surface area contributed by atoms with Crippen molar-refractivity contribution >= 4 is 17.5 Å². The summed E-state index contributed by atoms with van der Waals surface area (Å²) in [5.74, 6) is 1.65. The Labute approximate surface area is 146 Å². The number of ether oxygens (including phenoxy) is 1. The van der Waals surface area contributed by atoms with Gasteiger partial charge in [0.15, 0.2) is 0 Å². The van der Waals surface area contributed by atoms with Gasteiger partial charge in [0.25, 0.3) is 0 Å². The van der Waals surface area contributed by atoms with Crippen LogP contribution in [0.2, 0.25) is 0 Å². The highest BCUT2D eigenvalue weighted by atomic mass is 16.5. The van der Waals surface area contributed by atoms with Crippen molar-refractivity contribution in [3.63, 3.8) is 0 Å². The van der Waals surface area contributed by atoms with Crippen LogP contribution in [0.15, 0.2) is 34.3 Å². The number of guanidine groups is 1. The summed E-state index contributed by atoms with van der Waals surface area (Å²) >= 11 is 0. The highest BCUT2D eigenvalue weighted by Gasteiger charge is 2.06. The van der Waals surface area contributed by atoms with Gasteiger partial charge in [-0.25, -0.2) is 4.99 Å². The fourth-order valence-electron chi connectivity index (χ4n) is 2.36. The first kappa shape index (κ1) is 20.2. The van der Waals surface area contributed by atoms with E-state index in [1.54, 1.807) is 14.0 Å². The lowest BCUT2D eigenvalue weighted by molar-refractivity contribution is 0.0820. The zero-order chi connectivity index (χ0) is 17.8. The molecule has 0 aromatic heterocycles. The molecule has 3 N–H and O–H groups in total. The Kier molecular flexibility index (Phi) is 9.77. The van der Waals surface area contributed by atoms with E-state index in [9.17, 15) is 0 Å². The molecule has 0 fully saturated rings. The summed E-state index contributed by atoms with van der Waals surface area (Å²) in [6, 6.07) is 8.11. The SMILES string of the molecule is CCCCC(CC)COCc1ccc(NC(=NC)/N=C(\C)N)cc1. The molecular formula is C19H32N4O. The lowest BCUT2D eigenvalue weighted by Gasteiger charge is -2.14. The average Bonchev–Trinajstić information content (AvgIpc) is 2.58. The summed E-state index contributed by atoms with van der Waals surface area (Å²) < 4.78 is 5.88. The highest BCUT2D eigenvalue weighted by Crippen LogP contribution is 2.15. The van der Waals surface area contributed by atoms with Gasteiger partial charge in [-0.2, -0.15) is 0 Å². The smallest absolute Gasteiger partial charge is 0.223 e. The topological polar surface area (TPSA) is 72.0 Å². The summed E-state index contributed by atoms with van der Waals surface area (Å²) in [4.78, 5) is 8.19. The van der Waals surface area contributed by atoms with Crippen LogP contribution in [0.4, 0.5) is 5.69 Å². The molecule has 0 aliphatic carbocycles. The van der Waals surface area contributed by atoms with E-state index in [-0.39, 0.29) is 0 Å². The number of nitrogens with zero attached hydrogens (tertiary/aromatic N) is 2. The molecule has 134 valence electrons. The molecule has 0 radical (unpaired) electrons. The van der Waals surface area contributed by atoms with Crippen LogP contribution in [-0.4, -0.2) is 25.4 Å². The van der Waals surface area contributed by atoms with Crippen LogP contribution in [-0.2, 0) is 11.3 Å². The average molecular weight is 332 g/mol. The molecule has 24 heavy (non-hydrogen) atoms. The fraction of sp³-hybridized carbons (Fsp3) is 0.579. The number of benzene rings is 1. The predicted octanol–water partition coefficient (Wildman–Crippen LogP) is 4.19. The third-order valence-corrected chi connectivity index (χ3v) is 3.87. The Balaban J connectivity index is 2.46. The summed E-state index contributed by atoms with van der Waals surface area (Å²) in [6.07, 6.45) is 4.98. The van der Waals surface area contributed by atoms with Crippen LogP contribution in [0.25, 0.3) is 0 Å². The van der Waals surface area contributed by atoms with Gasteiger partial charge < -0.3 is 15.8 Å². The minimum absolute atomic E-state index is 0.474. The lowest BCUT2D eigenvalue weighted by Crippen LogP contribution is -2.15. The van der Waals surface area contributed by atoms with Gasteiger partial charge in [0.05, 0.1) is 12.4 Å². The maximum Gasteiger partial charge on any atom is 0.223 e. The van der Waals surface area contributed by atoms with E-state index < -0.39 is 0 Å². The van der Waals surface area contributed by atoms with Crippen LogP contribution < -0.4 is 11.1 Å². The molecule has 0 heterocycles. The second-order valence-corrected chi connectivity index (χ2v) is 6.05. The van der Waals surface area contributed by atoms with E-state index in [0.29, 0.717) is 24.3 Å². The number of amidine groups is 1. The van der Waals surface area contributed by atoms with Crippen molar-refractivity contribution < 1.29 is 4.74 Å². The Bertz CT molecular complexity index is 519. The van der Waals surface area contributed by atoms with Gasteiger partial charge in [-0.05, 0) is 37.0 Å². The highest BCUT2D eigenvalue weighted by molar-refractivity contribution is 6.01. The zero-order valence-electron chi connectivity index (χ0n) is 15.5. The minimum Gasteiger partial charge on any atom is -0.387 e. The number of aliphatic imine (C=N–C) groups is 2. The first-order valence-corrected chi connectivity index (χ1v) is 8.80. The maximum absolute atomic E-state index is 5.88. The van der Waals surface area contributed by atoms with E-state index in [1.165, 1.54) is 31.2 Å². The Morgan fingerprint density at radius 2 is 1.96 bits per heavy atom. The lowest BCUT2D eigenvalue weighted by atomic mass is 10.0. The quantitative estimate of drug-likeness (QED) is 0.526. The molecule has 0 saturated carbocycles. The van der Waals surface area contributed by atoms with Crippen molar-refractivity contribution in [3.05, 3.63) is 29.8 Å². The second-order valence-electron chi connectivity index (χ2n) is 6.05. The number of nitrogens with one attached hydrogen (secondary N) is 1. The van der Waals surface area contributed by atoms with E-state index in [2.05, 4.69) is 41.3 Å². The van der Waals surface area contributed by atoms with E-state index in [4.69, 9.17) is 10.5 Å². The van der Waals surface area contributed by atoms with Gasteiger partial charge in [-0.1, -0.05) is 45.2 Å². The van der Waals surface area contributed by atoms with Gasteiger partial charge in [-0.3, -0.25) is 4.99 Å². The molecule has 1 aromatic carbocycles. The van der Waals surface area contributed by atoms with Crippen LogP contribution in [0, 0.1) is 5.92 Å². The van der Waals surface area contributed by atoms with Crippen LogP contribution in [0.5, 0.6) is 0 Å². The van der Waals surface area contributed by atoms with Crippen LogP contribution in [0.3, 0.4) is 0 Å². The summed E-state index contributed by atoms with van der Waals surface area (Å²) in [6.45, 7) is 7.70. The Morgan fingerprint density at radius 3 is 2.50 bits per heavy atom. The monoisotopic (exact) mass is 332 g/mol. The van der Waals surface area contributed by atoms with Crippen molar-refractivity contribution in [1.29, 1.82) is 0 Å². The largest absolute Gasteiger partial charge is 0.387 e. The van der Waals surface area contributed by atoms with Crippen molar-refractivity contribution in [2.45, 2.75) is 53.1 Å². The summed E-state index contributed by atoms with van der Waals surface area (Å²) in [5, 5.41) is 3.14. The number of hydrogen-bond acceptors (Lipinski definition) is 2. The fourth-order valence-corrected chi connectivity index (χ4v) is 2.36. The first-order chi connectivity index (χ1) is 11.6. The molecule has 1 atom stereocenters. The molecule has 0 bridgehead atoms. The molecule has 1 unspecified atom stereocenters. The molecule has 0 spiro atoms. The molecule has 0 aliphatic heterocycles. The molecule has 1 aromatic rings. The van der Waals surface area contributed by atoms with Gasteiger partial charge in [-0.15, -0.1) is 0 Å². The Hall–Kier alpha value is -1.88. The Morgan fingerprint density at radius 1 is 1.25 bits per heavy atom. The summed E-state index contributed by atoms with van der Waals surface area (Å²) in [7, 11) is 1.68. The van der Waals surface area contributed by atoms with Crippen molar-refractivity contribution in [2.24, 2.45) is 21.6 Å². The normalized spacial score (nSPS) is 13.8. The second kappa shape index (κ2) is 11.6. The molecule has 0 aliphatic rings. The maximum atomic E-state index is 5.88. The number of rotatable bonds is 9. The van der Waals surface area contributed by atoms with Gasteiger partial charge in [0.2, 0.25) is 5.96 Å². The van der Waals surface area contributed by atoms with Gasteiger partial charge in [0.1, 0.15) is 0 Å². The van der Waals surface area contributed by atoms with Crippen molar-refractivity contribution in [2.75, 3.05) is 19.0 Å². The molecular weight excluding hydrogens is 300 g/mol. The van der Waals surface area contributed by atoms with Crippen LogP contribution >= 0.6 is 0 Å². The molecule has 0 amide bonds.